The monoisotopic (exact) mass is 542 g/mol. The summed E-state index contributed by atoms with van der Waals surface area (Å²) in [4.78, 5) is 9.80. The summed E-state index contributed by atoms with van der Waals surface area (Å²) in [6.45, 7) is 0. The molecule has 0 amide bonds. The van der Waals surface area contributed by atoms with Gasteiger partial charge in [0.1, 0.15) is 0 Å². The molecule has 0 radical (unpaired) electrons. The molecular formula is C38H30N4. The maximum atomic E-state index is 4.90. The molecule has 4 nitrogen and oxygen atoms in total. The second-order valence-electron chi connectivity index (χ2n) is 9.78. The Balaban J connectivity index is 1.38. The Bertz CT molecular complexity index is 1660. The van der Waals surface area contributed by atoms with Crippen molar-refractivity contribution in [1.82, 2.24) is 0 Å². The van der Waals surface area contributed by atoms with Crippen LogP contribution in [0.15, 0.2) is 168 Å². The molecule has 6 rings (SSSR count). The van der Waals surface area contributed by atoms with Gasteiger partial charge in [-0.05, 0) is 70.8 Å². The maximum Gasteiger partial charge on any atom is 0.0870 e. The topological polar surface area (TPSA) is 48.8 Å². The first kappa shape index (κ1) is 26.5. The fourth-order valence-corrected chi connectivity index (χ4v) is 4.57. The van der Waals surface area contributed by atoms with Crippen LogP contribution in [0, 0.1) is 0 Å². The quantitative estimate of drug-likeness (QED) is 0.179. The third-order valence-corrected chi connectivity index (χ3v) is 6.74. The largest absolute Gasteiger partial charge is 0.354 e. The van der Waals surface area contributed by atoms with Crippen LogP contribution < -0.4 is 10.6 Å². The van der Waals surface area contributed by atoms with Crippen LogP contribution in [-0.4, -0.2) is 12.4 Å². The normalized spacial score (nSPS) is 11.1. The number of anilines is 4. The van der Waals surface area contributed by atoms with Crippen molar-refractivity contribution < 1.29 is 0 Å². The van der Waals surface area contributed by atoms with E-state index in [-0.39, 0.29) is 0 Å². The van der Waals surface area contributed by atoms with Crippen molar-refractivity contribution in [3.63, 3.8) is 0 Å². The minimum atomic E-state index is 0.848. The molecule has 42 heavy (non-hydrogen) atoms. The van der Waals surface area contributed by atoms with E-state index in [0.29, 0.717) is 0 Å². The maximum absolute atomic E-state index is 4.90. The molecule has 0 bridgehead atoms. The molecule has 0 spiro atoms. The number of benzene rings is 6. The van der Waals surface area contributed by atoms with Crippen molar-refractivity contribution in [2.75, 3.05) is 10.6 Å². The highest BCUT2D eigenvalue weighted by Crippen LogP contribution is 2.37. The second kappa shape index (κ2) is 13.1. The lowest BCUT2D eigenvalue weighted by molar-refractivity contribution is 1.46. The molecule has 0 heterocycles. The first-order chi connectivity index (χ1) is 20.8. The van der Waals surface area contributed by atoms with E-state index in [4.69, 9.17) is 9.98 Å². The van der Waals surface area contributed by atoms with E-state index in [1.54, 1.807) is 0 Å². The van der Waals surface area contributed by atoms with E-state index < -0.39 is 0 Å². The van der Waals surface area contributed by atoms with Crippen molar-refractivity contribution in [3.05, 3.63) is 169 Å². The summed E-state index contributed by atoms with van der Waals surface area (Å²) in [7, 11) is 0. The van der Waals surface area contributed by atoms with E-state index in [9.17, 15) is 0 Å². The average molecular weight is 543 g/mol. The molecule has 0 aromatic heterocycles. The summed E-state index contributed by atoms with van der Waals surface area (Å²) < 4.78 is 0. The Hall–Kier alpha value is -5.74. The molecule has 0 unspecified atom stereocenters. The molecule has 0 saturated carbocycles. The first-order valence-corrected chi connectivity index (χ1v) is 13.9. The molecule has 0 atom stereocenters. The van der Waals surface area contributed by atoms with E-state index >= 15 is 0 Å². The van der Waals surface area contributed by atoms with Crippen molar-refractivity contribution >= 4 is 46.6 Å². The average Bonchev–Trinajstić information content (AvgIpc) is 3.06. The Kier molecular flexibility index (Phi) is 8.24. The zero-order valence-electron chi connectivity index (χ0n) is 23.1. The van der Waals surface area contributed by atoms with Gasteiger partial charge in [-0.3, -0.25) is 9.98 Å². The third-order valence-electron chi connectivity index (χ3n) is 6.74. The smallest absolute Gasteiger partial charge is 0.0870 e. The summed E-state index contributed by atoms with van der Waals surface area (Å²) in [6, 6.07) is 53.2. The third kappa shape index (κ3) is 6.87. The Morgan fingerprint density at radius 1 is 0.381 bits per heavy atom. The first-order valence-electron chi connectivity index (χ1n) is 13.9. The van der Waals surface area contributed by atoms with Gasteiger partial charge in [0.2, 0.25) is 0 Å². The zero-order valence-corrected chi connectivity index (χ0v) is 23.1. The lowest BCUT2D eigenvalue weighted by Gasteiger charge is -2.14. The summed E-state index contributed by atoms with van der Waals surface area (Å²) >= 11 is 0. The van der Waals surface area contributed by atoms with Gasteiger partial charge < -0.3 is 10.6 Å². The highest BCUT2D eigenvalue weighted by atomic mass is 14.9. The zero-order chi connectivity index (χ0) is 28.4. The van der Waals surface area contributed by atoms with Crippen molar-refractivity contribution in [3.8, 4) is 11.1 Å². The Morgan fingerprint density at radius 2 is 0.738 bits per heavy atom. The van der Waals surface area contributed by atoms with Gasteiger partial charge in [0.15, 0.2) is 0 Å². The minimum Gasteiger partial charge on any atom is -0.354 e. The number of rotatable bonds is 9. The summed E-state index contributed by atoms with van der Waals surface area (Å²) in [5.41, 5.74) is 9.77. The van der Waals surface area contributed by atoms with Gasteiger partial charge in [-0.1, -0.05) is 109 Å². The van der Waals surface area contributed by atoms with Crippen LogP contribution in [0.1, 0.15) is 11.1 Å². The highest BCUT2D eigenvalue weighted by Gasteiger charge is 2.09. The Labute approximate surface area is 246 Å². The van der Waals surface area contributed by atoms with E-state index in [1.165, 1.54) is 0 Å². The summed E-state index contributed by atoms with van der Waals surface area (Å²) in [5, 5.41) is 7.05. The van der Waals surface area contributed by atoms with Gasteiger partial charge in [0, 0.05) is 23.8 Å². The van der Waals surface area contributed by atoms with Crippen LogP contribution in [0.4, 0.5) is 34.1 Å². The van der Waals surface area contributed by atoms with Crippen LogP contribution in [0.2, 0.25) is 0 Å². The number of hydrogen-bond donors (Lipinski definition) is 2. The van der Waals surface area contributed by atoms with Crippen LogP contribution in [0.25, 0.3) is 11.1 Å². The van der Waals surface area contributed by atoms with Gasteiger partial charge in [-0.25, -0.2) is 0 Å². The van der Waals surface area contributed by atoms with E-state index in [0.717, 1.165) is 56.4 Å². The predicted octanol–water partition coefficient (Wildman–Crippen LogP) is 10.3. The van der Waals surface area contributed by atoms with Gasteiger partial charge in [-0.2, -0.15) is 0 Å². The molecule has 0 saturated heterocycles. The van der Waals surface area contributed by atoms with Gasteiger partial charge in [-0.15, -0.1) is 0 Å². The summed E-state index contributed by atoms with van der Waals surface area (Å²) in [6.07, 6.45) is 3.80. The number of hydrogen-bond acceptors (Lipinski definition) is 4. The second-order valence-corrected chi connectivity index (χ2v) is 9.78. The molecule has 2 N–H and O–H groups in total. The lowest BCUT2D eigenvalue weighted by Crippen LogP contribution is -1.93. The fourth-order valence-electron chi connectivity index (χ4n) is 4.57. The van der Waals surface area contributed by atoms with Crippen molar-refractivity contribution in [2.24, 2.45) is 9.98 Å². The molecular weight excluding hydrogens is 512 g/mol. The van der Waals surface area contributed by atoms with E-state index in [2.05, 4.69) is 47.0 Å². The SMILES string of the molecule is C(=N/c1cc(-c2ccc(Nc3ccccc3)c(/N=C\c3ccccc3)c2)ccc1Nc1ccccc1)/c1ccccc1. The predicted molar refractivity (Wildman–Crippen MR) is 179 cm³/mol. The molecule has 0 aliphatic carbocycles. The number of nitrogens with one attached hydrogen (secondary N) is 2. The molecule has 6 aromatic rings. The summed E-state index contributed by atoms with van der Waals surface area (Å²) in [5.74, 6) is 0. The van der Waals surface area contributed by atoms with Crippen LogP contribution >= 0.6 is 0 Å². The van der Waals surface area contributed by atoms with E-state index in [1.807, 2.05) is 134 Å². The molecule has 0 aliphatic rings. The van der Waals surface area contributed by atoms with Gasteiger partial charge in [0.05, 0.1) is 22.7 Å². The molecule has 0 aliphatic heterocycles. The number of para-hydroxylation sites is 2. The van der Waals surface area contributed by atoms with Crippen LogP contribution in [0.3, 0.4) is 0 Å². The molecule has 4 heteroatoms. The van der Waals surface area contributed by atoms with Gasteiger partial charge >= 0.3 is 0 Å². The fraction of sp³-hybridized carbons (Fsp3) is 0. The van der Waals surface area contributed by atoms with Crippen LogP contribution in [0.5, 0.6) is 0 Å². The molecule has 6 aromatic carbocycles. The number of aliphatic imine (C=N–C) groups is 2. The molecule has 202 valence electrons. The van der Waals surface area contributed by atoms with Crippen LogP contribution in [-0.2, 0) is 0 Å². The standard InChI is InChI=1S/C38H30N4/c1-5-13-29(14-6-1)27-39-37-25-31(21-23-35(37)41-33-17-9-3-10-18-33)32-22-24-36(42-34-19-11-4-12-20-34)38(26-32)40-28-30-15-7-2-8-16-30/h1-28,41-42H/b39-27-,40-28-. The van der Waals surface area contributed by atoms with Gasteiger partial charge in [0.25, 0.3) is 0 Å². The molecule has 0 fully saturated rings. The minimum absolute atomic E-state index is 0.848. The lowest BCUT2D eigenvalue weighted by atomic mass is 10.0. The number of nitrogens with zero attached hydrogens (tertiary/aromatic N) is 2. The van der Waals surface area contributed by atoms with Crippen molar-refractivity contribution in [1.29, 1.82) is 0 Å². The van der Waals surface area contributed by atoms with Crippen molar-refractivity contribution in [2.45, 2.75) is 0 Å². The highest BCUT2D eigenvalue weighted by molar-refractivity contribution is 5.89. The Morgan fingerprint density at radius 3 is 1.12 bits per heavy atom.